The number of aromatic nitrogens is 1. The van der Waals surface area contributed by atoms with Crippen molar-refractivity contribution >= 4 is 5.97 Å². The van der Waals surface area contributed by atoms with Crippen molar-refractivity contribution < 1.29 is 18.3 Å². The summed E-state index contributed by atoms with van der Waals surface area (Å²) in [6.45, 7) is 0. The molecule has 3 nitrogen and oxygen atoms in total. The molecule has 0 radical (unpaired) electrons. The van der Waals surface area contributed by atoms with E-state index in [1.54, 1.807) is 0 Å². The molecule has 0 unspecified atom stereocenters. The zero-order valence-electron chi connectivity index (χ0n) is 7.54. The highest BCUT2D eigenvalue weighted by atomic mass is 19.3. The number of nitrogens with zero attached hydrogens (tertiary/aromatic N) is 1. The number of esters is 1. The minimum atomic E-state index is -2.53. The molecule has 0 saturated carbocycles. The summed E-state index contributed by atoms with van der Waals surface area (Å²) in [6.07, 6.45) is -1.47. The second-order valence-electron chi connectivity index (χ2n) is 2.64. The first-order chi connectivity index (χ1) is 6.63. The average molecular weight is 201 g/mol. The molecule has 0 N–H and O–H groups in total. The van der Waals surface area contributed by atoms with E-state index < -0.39 is 12.4 Å². The van der Waals surface area contributed by atoms with Crippen LogP contribution < -0.4 is 0 Å². The summed E-state index contributed by atoms with van der Waals surface area (Å²) < 4.78 is 28.6. The van der Waals surface area contributed by atoms with Crippen LogP contribution in [-0.4, -0.2) is 18.1 Å². The lowest BCUT2D eigenvalue weighted by Gasteiger charge is -2.01. The van der Waals surface area contributed by atoms with E-state index in [0.29, 0.717) is 5.69 Å². The lowest BCUT2D eigenvalue weighted by atomic mass is 10.2. The number of alkyl halides is 2. The van der Waals surface area contributed by atoms with Gasteiger partial charge in [0.05, 0.1) is 19.2 Å². The van der Waals surface area contributed by atoms with Crippen LogP contribution in [0.25, 0.3) is 0 Å². The Morgan fingerprint density at radius 2 is 2.29 bits per heavy atom. The molecular formula is C9H9F2NO2. The molecule has 0 fully saturated rings. The molecule has 0 spiro atoms. The number of pyridine rings is 1. The second-order valence-corrected chi connectivity index (χ2v) is 2.64. The quantitative estimate of drug-likeness (QED) is 0.699. The molecule has 0 atom stereocenters. The van der Waals surface area contributed by atoms with Crippen LogP contribution in [0.4, 0.5) is 8.78 Å². The first kappa shape index (κ1) is 10.6. The van der Waals surface area contributed by atoms with Gasteiger partial charge in [-0.1, -0.05) is 0 Å². The van der Waals surface area contributed by atoms with Gasteiger partial charge < -0.3 is 4.74 Å². The van der Waals surface area contributed by atoms with E-state index in [-0.39, 0.29) is 12.0 Å². The highest BCUT2D eigenvalue weighted by Crippen LogP contribution is 2.17. The smallest absolute Gasteiger partial charge is 0.311 e. The number of carbonyl (C=O) groups is 1. The Hall–Kier alpha value is -1.52. The molecule has 0 amide bonds. The predicted octanol–water partition coefficient (Wildman–Crippen LogP) is 1.73. The van der Waals surface area contributed by atoms with Crippen LogP contribution in [0, 0.1) is 0 Å². The number of halogens is 2. The molecule has 0 aliphatic carbocycles. The molecule has 1 heterocycles. The summed E-state index contributed by atoms with van der Waals surface area (Å²) in [5.41, 5.74) is 0.264. The van der Waals surface area contributed by atoms with E-state index in [1.807, 2.05) is 0 Å². The van der Waals surface area contributed by atoms with Crippen LogP contribution in [0.1, 0.15) is 17.7 Å². The van der Waals surface area contributed by atoms with Gasteiger partial charge in [0.15, 0.2) is 0 Å². The van der Waals surface area contributed by atoms with Crippen LogP contribution in [0.2, 0.25) is 0 Å². The van der Waals surface area contributed by atoms with Crippen molar-refractivity contribution in [1.29, 1.82) is 0 Å². The van der Waals surface area contributed by atoms with Gasteiger partial charge in [0.2, 0.25) is 0 Å². The molecule has 0 saturated heterocycles. The zero-order valence-corrected chi connectivity index (χ0v) is 7.54. The summed E-state index contributed by atoms with van der Waals surface area (Å²) in [4.78, 5) is 14.5. The van der Waals surface area contributed by atoms with Crippen molar-refractivity contribution in [3.8, 4) is 0 Å². The summed E-state index contributed by atoms with van der Waals surface area (Å²) >= 11 is 0. The maximum absolute atomic E-state index is 12.1. The fraction of sp³-hybridized carbons (Fsp3) is 0.333. The average Bonchev–Trinajstić information content (AvgIpc) is 2.18. The molecule has 0 bridgehead atoms. The normalized spacial score (nSPS) is 10.3. The van der Waals surface area contributed by atoms with Gasteiger partial charge in [-0.25, -0.2) is 8.78 Å². The van der Waals surface area contributed by atoms with Crippen molar-refractivity contribution in [1.82, 2.24) is 4.98 Å². The molecule has 0 aliphatic rings. The van der Waals surface area contributed by atoms with Gasteiger partial charge in [-0.2, -0.15) is 0 Å². The molecule has 14 heavy (non-hydrogen) atoms. The molecule has 1 rings (SSSR count). The first-order valence-corrected chi connectivity index (χ1v) is 3.93. The van der Waals surface area contributed by atoms with Crippen molar-refractivity contribution in [2.75, 3.05) is 7.11 Å². The molecule has 0 aromatic carbocycles. The maximum atomic E-state index is 12.1. The van der Waals surface area contributed by atoms with Crippen molar-refractivity contribution in [2.24, 2.45) is 0 Å². The van der Waals surface area contributed by atoms with E-state index in [9.17, 15) is 13.6 Å². The Morgan fingerprint density at radius 1 is 1.57 bits per heavy atom. The van der Waals surface area contributed by atoms with Gasteiger partial charge >= 0.3 is 5.97 Å². The van der Waals surface area contributed by atoms with Crippen LogP contribution in [0.5, 0.6) is 0 Å². The largest absolute Gasteiger partial charge is 0.469 e. The molecule has 5 heteroatoms. The lowest BCUT2D eigenvalue weighted by Crippen LogP contribution is -2.06. The Labute approximate surface area is 79.7 Å². The Kier molecular flexibility index (Phi) is 3.50. The van der Waals surface area contributed by atoms with E-state index >= 15 is 0 Å². The maximum Gasteiger partial charge on any atom is 0.311 e. The fourth-order valence-corrected chi connectivity index (χ4v) is 0.890. The minimum Gasteiger partial charge on any atom is -0.469 e. The third-order valence-electron chi connectivity index (χ3n) is 1.65. The van der Waals surface area contributed by atoms with E-state index in [0.717, 1.165) is 6.20 Å². The van der Waals surface area contributed by atoms with Gasteiger partial charge in [0.25, 0.3) is 6.43 Å². The van der Waals surface area contributed by atoms with Gasteiger partial charge in [-0.15, -0.1) is 0 Å². The fourth-order valence-electron chi connectivity index (χ4n) is 0.890. The van der Waals surface area contributed by atoms with Crippen LogP contribution >= 0.6 is 0 Å². The van der Waals surface area contributed by atoms with E-state index in [1.165, 1.54) is 19.2 Å². The van der Waals surface area contributed by atoms with Crippen LogP contribution in [-0.2, 0) is 16.0 Å². The molecule has 1 aromatic rings. The number of rotatable bonds is 3. The van der Waals surface area contributed by atoms with Gasteiger partial charge in [0.1, 0.15) is 0 Å². The lowest BCUT2D eigenvalue weighted by molar-refractivity contribution is -0.139. The Balaban J connectivity index is 2.69. The summed E-state index contributed by atoms with van der Waals surface area (Å²) in [5.74, 6) is -0.442. The second kappa shape index (κ2) is 4.64. The number of hydrogen-bond donors (Lipinski definition) is 0. The Bertz CT molecular complexity index is 311. The minimum absolute atomic E-state index is 0.0000180. The van der Waals surface area contributed by atoms with E-state index in [4.69, 9.17) is 0 Å². The standard InChI is InChI=1S/C9H9F2NO2/c1-14-8(13)4-7-3-2-6(5-12-7)9(10)11/h2-3,5,9H,4H2,1H3. The highest BCUT2D eigenvalue weighted by Gasteiger charge is 2.08. The SMILES string of the molecule is COC(=O)Cc1ccc(C(F)F)cn1. The topological polar surface area (TPSA) is 39.2 Å². The number of methoxy groups -OCH3 is 1. The highest BCUT2D eigenvalue weighted by molar-refractivity contribution is 5.71. The summed E-state index contributed by atoms with van der Waals surface area (Å²) in [7, 11) is 1.26. The van der Waals surface area contributed by atoms with Gasteiger partial charge in [-0.3, -0.25) is 9.78 Å². The molecule has 0 aliphatic heterocycles. The van der Waals surface area contributed by atoms with Crippen molar-refractivity contribution in [3.05, 3.63) is 29.6 Å². The molecular weight excluding hydrogens is 192 g/mol. The van der Waals surface area contributed by atoms with Crippen molar-refractivity contribution in [3.63, 3.8) is 0 Å². The first-order valence-electron chi connectivity index (χ1n) is 3.93. The van der Waals surface area contributed by atoms with Gasteiger partial charge in [0, 0.05) is 11.8 Å². The van der Waals surface area contributed by atoms with Crippen LogP contribution in [0.15, 0.2) is 18.3 Å². The van der Waals surface area contributed by atoms with E-state index in [2.05, 4.69) is 9.72 Å². The summed E-state index contributed by atoms with van der Waals surface area (Å²) in [5, 5.41) is 0. The van der Waals surface area contributed by atoms with Crippen molar-refractivity contribution in [2.45, 2.75) is 12.8 Å². The zero-order chi connectivity index (χ0) is 10.6. The third-order valence-corrected chi connectivity index (χ3v) is 1.65. The summed E-state index contributed by atoms with van der Waals surface area (Å²) in [6, 6.07) is 2.63. The predicted molar refractivity (Wildman–Crippen MR) is 44.9 cm³/mol. The number of hydrogen-bond acceptors (Lipinski definition) is 3. The van der Waals surface area contributed by atoms with Crippen LogP contribution in [0.3, 0.4) is 0 Å². The number of carbonyl (C=O) groups excluding carboxylic acids is 1. The molecule has 1 aromatic heterocycles. The monoisotopic (exact) mass is 201 g/mol. The molecule has 76 valence electrons. The Morgan fingerprint density at radius 3 is 2.71 bits per heavy atom. The number of ether oxygens (including phenoxy) is 1. The third kappa shape index (κ3) is 2.76. The van der Waals surface area contributed by atoms with Gasteiger partial charge in [-0.05, 0) is 12.1 Å².